The van der Waals surface area contributed by atoms with Gasteiger partial charge in [0.15, 0.2) is 0 Å². The van der Waals surface area contributed by atoms with Gasteiger partial charge in [0.25, 0.3) is 0 Å². The van der Waals surface area contributed by atoms with Gasteiger partial charge in [-0.25, -0.2) is 0 Å². The molecule has 0 aliphatic carbocycles. The van der Waals surface area contributed by atoms with E-state index in [2.05, 4.69) is 16.0 Å². The molecule has 1 aliphatic rings. The predicted molar refractivity (Wildman–Crippen MR) is 69.3 cm³/mol. The maximum Gasteiger partial charge on any atom is 0.0312 e. The molecule has 94 valence electrons. The Labute approximate surface area is 103 Å². The van der Waals surface area contributed by atoms with Crippen molar-refractivity contribution >= 4 is 0 Å². The molecule has 1 saturated heterocycles. The molecule has 0 spiro atoms. The number of likely N-dealkylation sites (tertiary alicyclic amines) is 1. The fourth-order valence-electron chi connectivity index (χ4n) is 2.43. The van der Waals surface area contributed by atoms with Gasteiger partial charge in [-0.1, -0.05) is 6.07 Å². The third-order valence-corrected chi connectivity index (χ3v) is 3.91. The van der Waals surface area contributed by atoms with Gasteiger partial charge in [0.2, 0.25) is 0 Å². The largest absolute Gasteiger partial charge is 0.330 e. The lowest BCUT2D eigenvalue weighted by molar-refractivity contribution is 0.111. The Morgan fingerprint density at radius 2 is 1.94 bits per heavy atom. The van der Waals surface area contributed by atoms with Crippen LogP contribution in [0.3, 0.4) is 0 Å². The molecule has 1 aliphatic heterocycles. The van der Waals surface area contributed by atoms with Crippen LogP contribution in [-0.4, -0.2) is 36.1 Å². The normalized spacial score (nSPS) is 20.4. The number of rotatable bonds is 4. The molecule has 2 heterocycles. The van der Waals surface area contributed by atoms with Crippen molar-refractivity contribution in [2.24, 2.45) is 16.9 Å². The van der Waals surface area contributed by atoms with Crippen molar-refractivity contribution in [3.05, 3.63) is 30.1 Å². The van der Waals surface area contributed by atoms with Crippen LogP contribution in [0, 0.1) is 5.41 Å². The van der Waals surface area contributed by atoms with Gasteiger partial charge in [0.1, 0.15) is 0 Å². The quantitative estimate of drug-likeness (QED) is 0.799. The monoisotopic (exact) mass is 234 g/mol. The van der Waals surface area contributed by atoms with Crippen LogP contribution in [0.1, 0.15) is 18.4 Å². The van der Waals surface area contributed by atoms with Crippen molar-refractivity contribution in [2.75, 3.05) is 26.2 Å². The van der Waals surface area contributed by atoms with Crippen molar-refractivity contribution in [1.29, 1.82) is 0 Å². The van der Waals surface area contributed by atoms with Crippen LogP contribution >= 0.6 is 0 Å². The molecule has 0 aromatic carbocycles. The van der Waals surface area contributed by atoms with Crippen LogP contribution < -0.4 is 11.5 Å². The molecule has 0 amide bonds. The number of pyridine rings is 1. The third kappa shape index (κ3) is 3.03. The molecule has 1 fully saturated rings. The van der Waals surface area contributed by atoms with E-state index in [4.69, 9.17) is 11.5 Å². The van der Waals surface area contributed by atoms with Crippen molar-refractivity contribution in [3.63, 3.8) is 0 Å². The highest BCUT2D eigenvalue weighted by molar-refractivity contribution is 5.08. The Bertz CT molecular complexity index is 325. The van der Waals surface area contributed by atoms with Gasteiger partial charge in [-0.15, -0.1) is 0 Å². The zero-order chi connectivity index (χ0) is 12.1. The summed E-state index contributed by atoms with van der Waals surface area (Å²) in [5.41, 5.74) is 13.1. The Balaban J connectivity index is 1.87. The van der Waals surface area contributed by atoms with E-state index in [9.17, 15) is 0 Å². The molecule has 0 bridgehead atoms. The van der Waals surface area contributed by atoms with Crippen LogP contribution in [0.5, 0.6) is 0 Å². The molecule has 2 rings (SSSR count). The molecule has 1 aromatic heterocycles. The van der Waals surface area contributed by atoms with Crippen molar-refractivity contribution in [2.45, 2.75) is 19.4 Å². The van der Waals surface area contributed by atoms with Crippen LogP contribution in [-0.2, 0) is 6.54 Å². The van der Waals surface area contributed by atoms with Crippen molar-refractivity contribution in [3.8, 4) is 0 Å². The number of nitrogens with zero attached hydrogens (tertiary/aromatic N) is 2. The summed E-state index contributed by atoms with van der Waals surface area (Å²) in [4.78, 5) is 6.60. The second kappa shape index (κ2) is 5.58. The minimum absolute atomic E-state index is 0.186. The molecule has 17 heavy (non-hydrogen) atoms. The zero-order valence-corrected chi connectivity index (χ0v) is 10.3. The first-order valence-electron chi connectivity index (χ1n) is 6.29. The minimum atomic E-state index is 0.186. The highest BCUT2D eigenvalue weighted by Gasteiger charge is 2.31. The molecular weight excluding hydrogens is 212 g/mol. The van der Waals surface area contributed by atoms with E-state index in [0.717, 1.165) is 32.5 Å². The fourth-order valence-corrected chi connectivity index (χ4v) is 2.43. The maximum atomic E-state index is 5.84. The predicted octanol–water partition coefficient (Wildman–Crippen LogP) is 0.581. The summed E-state index contributed by atoms with van der Waals surface area (Å²) in [7, 11) is 0. The summed E-state index contributed by atoms with van der Waals surface area (Å²) in [5, 5.41) is 0. The molecule has 4 heteroatoms. The van der Waals surface area contributed by atoms with Crippen LogP contribution in [0.2, 0.25) is 0 Å². The molecule has 0 atom stereocenters. The van der Waals surface area contributed by atoms with E-state index < -0.39 is 0 Å². The average molecular weight is 234 g/mol. The standard InChI is InChI=1S/C13H22N4/c14-10-13(11-15)3-6-17(7-4-13)9-12-2-1-5-16-8-12/h1-2,5,8H,3-4,6-7,9-11,14-15H2. The summed E-state index contributed by atoms with van der Waals surface area (Å²) >= 11 is 0. The lowest BCUT2D eigenvalue weighted by Gasteiger charge is -2.40. The fraction of sp³-hybridized carbons (Fsp3) is 0.615. The van der Waals surface area contributed by atoms with Gasteiger partial charge in [0, 0.05) is 18.9 Å². The lowest BCUT2D eigenvalue weighted by atomic mass is 9.78. The van der Waals surface area contributed by atoms with Gasteiger partial charge >= 0.3 is 0 Å². The highest BCUT2D eigenvalue weighted by Crippen LogP contribution is 2.29. The molecule has 0 unspecified atom stereocenters. The summed E-state index contributed by atoms with van der Waals surface area (Å²) in [6, 6.07) is 4.12. The number of nitrogens with two attached hydrogens (primary N) is 2. The molecule has 4 nitrogen and oxygen atoms in total. The zero-order valence-electron chi connectivity index (χ0n) is 10.3. The first-order valence-corrected chi connectivity index (χ1v) is 6.29. The Hall–Kier alpha value is -0.970. The van der Waals surface area contributed by atoms with Gasteiger partial charge in [-0.3, -0.25) is 9.88 Å². The smallest absolute Gasteiger partial charge is 0.0312 e. The lowest BCUT2D eigenvalue weighted by Crippen LogP contribution is -2.47. The van der Waals surface area contributed by atoms with E-state index in [1.807, 2.05) is 18.5 Å². The average Bonchev–Trinajstić information content (AvgIpc) is 2.41. The van der Waals surface area contributed by atoms with Gasteiger partial charge in [0.05, 0.1) is 0 Å². The van der Waals surface area contributed by atoms with Crippen molar-refractivity contribution in [1.82, 2.24) is 9.88 Å². The molecule has 0 radical (unpaired) electrons. The Kier molecular flexibility index (Phi) is 4.10. The second-order valence-electron chi connectivity index (χ2n) is 5.05. The number of aromatic nitrogens is 1. The number of hydrogen-bond donors (Lipinski definition) is 2. The Morgan fingerprint density at radius 1 is 1.24 bits per heavy atom. The summed E-state index contributed by atoms with van der Waals surface area (Å²) in [6.45, 7) is 4.58. The second-order valence-corrected chi connectivity index (χ2v) is 5.05. The first-order chi connectivity index (χ1) is 8.28. The maximum absolute atomic E-state index is 5.84. The molecule has 0 saturated carbocycles. The van der Waals surface area contributed by atoms with Crippen LogP contribution in [0.25, 0.3) is 0 Å². The molecule has 1 aromatic rings. The van der Waals surface area contributed by atoms with Gasteiger partial charge in [-0.2, -0.15) is 0 Å². The van der Waals surface area contributed by atoms with E-state index in [1.54, 1.807) is 0 Å². The summed E-state index contributed by atoms with van der Waals surface area (Å²) in [5.74, 6) is 0. The topological polar surface area (TPSA) is 68.2 Å². The molecule has 4 N–H and O–H groups in total. The highest BCUT2D eigenvalue weighted by atomic mass is 15.1. The molecular formula is C13H22N4. The van der Waals surface area contributed by atoms with E-state index >= 15 is 0 Å². The van der Waals surface area contributed by atoms with Crippen molar-refractivity contribution < 1.29 is 0 Å². The minimum Gasteiger partial charge on any atom is -0.330 e. The SMILES string of the molecule is NCC1(CN)CCN(Cc2cccnc2)CC1. The summed E-state index contributed by atoms with van der Waals surface area (Å²) in [6.07, 6.45) is 5.97. The van der Waals surface area contributed by atoms with Gasteiger partial charge in [-0.05, 0) is 56.1 Å². The van der Waals surface area contributed by atoms with Gasteiger partial charge < -0.3 is 11.5 Å². The third-order valence-electron chi connectivity index (χ3n) is 3.91. The van der Waals surface area contributed by atoms with Crippen LogP contribution in [0.4, 0.5) is 0 Å². The number of piperidine rings is 1. The number of hydrogen-bond acceptors (Lipinski definition) is 4. The van der Waals surface area contributed by atoms with E-state index in [-0.39, 0.29) is 5.41 Å². The van der Waals surface area contributed by atoms with Crippen LogP contribution in [0.15, 0.2) is 24.5 Å². The first kappa shape index (κ1) is 12.5. The summed E-state index contributed by atoms with van der Waals surface area (Å²) < 4.78 is 0. The Morgan fingerprint density at radius 3 is 2.47 bits per heavy atom. The van der Waals surface area contributed by atoms with E-state index in [1.165, 1.54) is 5.56 Å². The van der Waals surface area contributed by atoms with E-state index in [0.29, 0.717) is 13.1 Å².